The highest BCUT2D eigenvalue weighted by atomic mass is 16.5. The number of benzene rings is 1. The Morgan fingerprint density at radius 3 is 2.25 bits per heavy atom. The lowest BCUT2D eigenvalue weighted by Crippen LogP contribution is -2.22. The minimum absolute atomic E-state index is 0.134. The number of carbonyl (C=O) groups is 1. The minimum Gasteiger partial charge on any atom is -0.459 e. The van der Waals surface area contributed by atoms with E-state index in [1.165, 1.54) is 0 Å². The average molecular weight is 266 g/mol. The van der Waals surface area contributed by atoms with E-state index in [1.54, 1.807) is 24.3 Å². The third-order valence-electron chi connectivity index (χ3n) is 3.40. The van der Waals surface area contributed by atoms with Crippen LogP contribution in [0.2, 0.25) is 0 Å². The van der Waals surface area contributed by atoms with Gasteiger partial charge in [0, 0.05) is 0 Å². The van der Waals surface area contributed by atoms with Gasteiger partial charge in [-0.2, -0.15) is 10.5 Å². The Bertz CT molecular complexity index is 580. The number of esters is 1. The molecule has 1 aliphatic rings. The zero-order valence-electron chi connectivity index (χ0n) is 11.0. The highest BCUT2D eigenvalue weighted by Gasteiger charge is 2.22. The van der Waals surface area contributed by atoms with Gasteiger partial charge >= 0.3 is 5.97 Å². The van der Waals surface area contributed by atoms with Gasteiger partial charge in [-0.25, -0.2) is 4.79 Å². The van der Waals surface area contributed by atoms with Gasteiger partial charge < -0.3 is 4.74 Å². The maximum atomic E-state index is 11.9. The fourth-order valence-electron chi connectivity index (χ4n) is 2.28. The second-order valence-corrected chi connectivity index (χ2v) is 4.67. The van der Waals surface area contributed by atoms with Crippen molar-refractivity contribution < 1.29 is 9.53 Å². The molecule has 0 atom stereocenters. The van der Waals surface area contributed by atoms with E-state index >= 15 is 0 Å². The van der Waals surface area contributed by atoms with Crippen LogP contribution in [0.25, 0.3) is 0 Å². The molecule has 0 unspecified atom stereocenters. The van der Waals surface area contributed by atoms with Crippen molar-refractivity contribution in [3.63, 3.8) is 0 Å². The maximum absolute atomic E-state index is 11.9. The number of nitriles is 2. The first kappa shape index (κ1) is 13.8. The van der Waals surface area contributed by atoms with Gasteiger partial charge in [-0.3, -0.25) is 0 Å². The van der Waals surface area contributed by atoms with Gasteiger partial charge in [-0.15, -0.1) is 0 Å². The predicted octanol–water partition coefficient (Wildman–Crippen LogP) is 3.13. The van der Waals surface area contributed by atoms with E-state index in [0.29, 0.717) is 31.2 Å². The normalized spacial score (nSPS) is 17.7. The topological polar surface area (TPSA) is 73.9 Å². The van der Waals surface area contributed by atoms with E-state index in [2.05, 4.69) is 0 Å². The predicted molar refractivity (Wildman–Crippen MR) is 72.4 cm³/mol. The molecule has 4 nitrogen and oxygen atoms in total. The van der Waals surface area contributed by atoms with Crippen LogP contribution in [0.1, 0.15) is 36.0 Å². The first-order chi connectivity index (χ1) is 9.74. The Morgan fingerprint density at radius 2 is 1.70 bits per heavy atom. The monoisotopic (exact) mass is 266 g/mol. The zero-order valence-corrected chi connectivity index (χ0v) is 11.0. The summed E-state index contributed by atoms with van der Waals surface area (Å²) in [5.41, 5.74) is 1.63. The number of nitrogens with zero attached hydrogens (tertiary/aromatic N) is 2. The van der Waals surface area contributed by atoms with Crippen molar-refractivity contribution in [3.8, 4) is 12.1 Å². The van der Waals surface area contributed by atoms with E-state index in [4.69, 9.17) is 15.3 Å². The van der Waals surface area contributed by atoms with Gasteiger partial charge in [0.1, 0.15) is 23.8 Å². The van der Waals surface area contributed by atoms with Gasteiger partial charge in [0.25, 0.3) is 0 Å². The first-order valence-electron chi connectivity index (χ1n) is 6.53. The van der Waals surface area contributed by atoms with Crippen LogP contribution in [0.5, 0.6) is 0 Å². The molecule has 2 rings (SSSR count). The summed E-state index contributed by atoms with van der Waals surface area (Å²) in [7, 11) is 0. The van der Waals surface area contributed by atoms with Crippen molar-refractivity contribution in [1.29, 1.82) is 10.5 Å². The smallest absolute Gasteiger partial charge is 0.338 e. The highest BCUT2D eigenvalue weighted by Crippen LogP contribution is 2.28. The number of allylic oxidation sites excluding steroid dienone is 2. The first-order valence-corrected chi connectivity index (χ1v) is 6.53. The molecule has 1 fully saturated rings. The van der Waals surface area contributed by atoms with Gasteiger partial charge in [0.15, 0.2) is 0 Å². The highest BCUT2D eigenvalue weighted by molar-refractivity contribution is 5.89. The van der Waals surface area contributed by atoms with Crippen molar-refractivity contribution in [2.75, 3.05) is 0 Å². The summed E-state index contributed by atoms with van der Waals surface area (Å²) in [6.07, 6.45) is 2.48. The Hall–Kier alpha value is -2.59. The number of rotatable bonds is 2. The Balaban J connectivity index is 1.93. The molecule has 0 N–H and O–H groups in total. The number of carbonyl (C=O) groups excluding carboxylic acids is 1. The van der Waals surface area contributed by atoms with Gasteiger partial charge in [0.05, 0.1) is 5.56 Å². The lowest BCUT2D eigenvalue weighted by atomic mass is 9.89. The van der Waals surface area contributed by atoms with Crippen molar-refractivity contribution in [1.82, 2.24) is 0 Å². The molecule has 1 aromatic rings. The summed E-state index contributed by atoms with van der Waals surface area (Å²) < 4.78 is 5.45. The lowest BCUT2D eigenvalue weighted by molar-refractivity contribution is 0.0238. The quantitative estimate of drug-likeness (QED) is 0.609. The molecule has 1 aromatic carbocycles. The van der Waals surface area contributed by atoms with Gasteiger partial charge in [-0.1, -0.05) is 18.2 Å². The van der Waals surface area contributed by atoms with E-state index in [0.717, 1.165) is 5.57 Å². The fourth-order valence-corrected chi connectivity index (χ4v) is 2.28. The van der Waals surface area contributed by atoms with Gasteiger partial charge in [-0.05, 0) is 43.4 Å². The third-order valence-corrected chi connectivity index (χ3v) is 3.40. The van der Waals surface area contributed by atoms with Crippen molar-refractivity contribution in [2.24, 2.45) is 0 Å². The minimum atomic E-state index is -0.316. The molecule has 0 bridgehead atoms. The van der Waals surface area contributed by atoms with Crippen LogP contribution in [0.3, 0.4) is 0 Å². The molecule has 0 radical (unpaired) electrons. The Morgan fingerprint density at radius 1 is 1.10 bits per heavy atom. The number of hydrogen-bond donors (Lipinski definition) is 0. The molecular formula is C16H14N2O2. The van der Waals surface area contributed by atoms with E-state index in [9.17, 15) is 4.79 Å². The molecule has 20 heavy (non-hydrogen) atoms. The van der Waals surface area contributed by atoms with Crippen LogP contribution in [0, 0.1) is 22.7 Å². The zero-order chi connectivity index (χ0) is 14.4. The molecule has 4 heteroatoms. The molecule has 0 aliphatic heterocycles. The maximum Gasteiger partial charge on any atom is 0.338 e. The van der Waals surface area contributed by atoms with Crippen molar-refractivity contribution >= 4 is 5.97 Å². The summed E-state index contributed by atoms with van der Waals surface area (Å²) in [5.74, 6) is -0.316. The molecule has 0 amide bonds. The largest absolute Gasteiger partial charge is 0.459 e. The summed E-state index contributed by atoms with van der Waals surface area (Å²) in [4.78, 5) is 11.9. The number of hydrogen-bond acceptors (Lipinski definition) is 4. The molecule has 1 saturated carbocycles. The van der Waals surface area contributed by atoms with Crippen LogP contribution >= 0.6 is 0 Å². The van der Waals surface area contributed by atoms with E-state index in [-0.39, 0.29) is 17.6 Å². The molecule has 1 aliphatic carbocycles. The molecule has 0 heterocycles. The van der Waals surface area contributed by atoms with Crippen LogP contribution in [0.4, 0.5) is 0 Å². The molecule has 0 aromatic heterocycles. The van der Waals surface area contributed by atoms with Crippen LogP contribution in [0.15, 0.2) is 41.5 Å². The number of ether oxygens (including phenoxy) is 1. The SMILES string of the molecule is N#CC(C#N)=C1CCC(OC(=O)c2ccccc2)CC1. The van der Waals surface area contributed by atoms with Crippen molar-refractivity contribution in [3.05, 3.63) is 47.0 Å². The summed E-state index contributed by atoms with van der Waals surface area (Å²) in [6.45, 7) is 0. The second-order valence-electron chi connectivity index (χ2n) is 4.67. The molecule has 0 spiro atoms. The lowest BCUT2D eigenvalue weighted by Gasteiger charge is -2.24. The van der Waals surface area contributed by atoms with E-state index in [1.807, 2.05) is 18.2 Å². The Kier molecular flexibility index (Phi) is 4.52. The summed E-state index contributed by atoms with van der Waals surface area (Å²) in [6, 6.07) is 12.7. The fraction of sp³-hybridized carbons (Fsp3) is 0.312. The summed E-state index contributed by atoms with van der Waals surface area (Å²) >= 11 is 0. The molecule has 0 saturated heterocycles. The average Bonchev–Trinajstić information content (AvgIpc) is 2.51. The molecule has 100 valence electrons. The molecular weight excluding hydrogens is 252 g/mol. The van der Waals surface area contributed by atoms with Crippen molar-refractivity contribution in [2.45, 2.75) is 31.8 Å². The van der Waals surface area contributed by atoms with Gasteiger partial charge in [0.2, 0.25) is 0 Å². The third kappa shape index (κ3) is 3.24. The van der Waals surface area contributed by atoms with Crippen LogP contribution in [-0.4, -0.2) is 12.1 Å². The van der Waals surface area contributed by atoms with Crippen LogP contribution < -0.4 is 0 Å². The van der Waals surface area contributed by atoms with E-state index < -0.39 is 0 Å². The standard InChI is InChI=1S/C16H14N2O2/c17-10-14(11-18)12-6-8-15(9-7-12)20-16(19)13-4-2-1-3-5-13/h1-5,15H,6-9H2. The second kappa shape index (κ2) is 6.54. The Labute approximate surface area is 117 Å². The van der Waals surface area contributed by atoms with Crippen LogP contribution in [-0.2, 0) is 4.74 Å². The summed E-state index contributed by atoms with van der Waals surface area (Å²) in [5, 5.41) is 17.6.